The summed E-state index contributed by atoms with van der Waals surface area (Å²) >= 11 is 0. The Morgan fingerprint density at radius 1 is 0.588 bits per heavy atom. The summed E-state index contributed by atoms with van der Waals surface area (Å²) in [7, 11) is 0. The number of esters is 2. The van der Waals surface area contributed by atoms with Gasteiger partial charge in [-0.15, -0.1) is 0 Å². The quantitative estimate of drug-likeness (QED) is 0.315. The molecule has 0 aliphatic heterocycles. The van der Waals surface area contributed by atoms with Crippen LogP contribution in [-0.2, 0) is 19.1 Å². The highest BCUT2D eigenvalue weighted by atomic mass is 16.6. The zero-order valence-corrected chi connectivity index (χ0v) is 19.3. The molecule has 6 nitrogen and oxygen atoms in total. The maximum absolute atomic E-state index is 12.4. The van der Waals surface area contributed by atoms with Crippen molar-refractivity contribution in [1.82, 2.24) is 0 Å². The Bertz CT molecular complexity index is 1030. The van der Waals surface area contributed by atoms with E-state index in [0.29, 0.717) is 11.5 Å². The Morgan fingerprint density at radius 3 is 1.24 bits per heavy atom. The lowest BCUT2D eigenvalue weighted by atomic mass is 10.0. The van der Waals surface area contributed by atoms with Crippen LogP contribution >= 0.6 is 0 Å². The van der Waals surface area contributed by atoms with Gasteiger partial charge in [0.1, 0.15) is 23.7 Å². The fourth-order valence-electron chi connectivity index (χ4n) is 5.07. The third-order valence-corrected chi connectivity index (χ3v) is 6.70. The predicted molar refractivity (Wildman–Crippen MR) is 129 cm³/mol. The number of ether oxygens (including phenoxy) is 4. The number of hydrogen-bond donors (Lipinski definition) is 0. The summed E-state index contributed by atoms with van der Waals surface area (Å²) in [6.45, 7) is -0.309. The molecular formula is C28H30O6. The monoisotopic (exact) mass is 462 g/mol. The SMILES string of the molecule is O=C(COc1c2ccccc2c(OCC(=O)OC2CCCC2)c2ccccc12)OC1CCCC1. The number of fused-ring (bicyclic) bond motifs is 2. The zero-order chi connectivity index (χ0) is 23.3. The molecule has 5 rings (SSSR count). The van der Waals surface area contributed by atoms with Gasteiger partial charge in [-0.25, -0.2) is 9.59 Å². The fraction of sp³-hybridized carbons (Fsp3) is 0.429. The number of hydrogen-bond acceptors (Lipinski definition) is 6. The highest BCUT2D eigenvalue weighted by molar-refractivity contribution is 6.11. The first-order valence-corrected chi connectivity index (χ1v) is 12.3. The van der Waals surface area contributed by atoms with Crippen LogP contribution in [0.25, 0.3) is 21.5 Å². The van der Waals surface area contributed by atoms with Crippen LogP contribution in [0.4, 0.5) is 0 Å². The standard InChI is InChI=1S/C28H30O6/c29-25(33-19-9-1-2-10-19)17-31-27-21-13-5-7-15-23(21)28(24-16-8-6-14-22(24)27)32-18-26(30)34-20-11-3-4-12-20/h5-8,13-16,19-20H,1-4,9-12,17-18H2. The minimum atomic E-state index is -0.352. The van der Waals surface area contributed by atoms with Crippen molar-refractivity contribution in [3.05, 3.63) is 48.5 Å². The Kier molecular flexibility index (Phi) is 6.84. The minimum Gasteiger partial charge on any atom is -0.481 e. The number of carbonyl (C=O) groups is 2. The van der Waals surface area contributed by atoms with Crippen molar-refractivity contribution in [2.75, 3.05) is 13.2 Å². The van der Waals surface area contributed by atoms with E-state index in [1.165, 1.54) is 0 Å². The first kappa shape index (κ1) is 22.5. The Morgan fingerprint density at radius 2 is 0.912 bits per heavy atom. The maximum atomic E-state index is 12.4. The normalized spacial score (nSPS) is 16.7. The molecule has 0 saturated heterocycles. The van der Waals surface area contributed by atoms with Crippen LogP contribution in [0.15, 0.2) is 48.5 Å². The van der Waals surface area contributed by atoms with Gasteiger partial charge >= 0.3 is 11.9 Å². The van der Waals surface area contributed by atoms with Gasteiger partial charge in [-0.2, -0.15) is 0 Å². The molecule has 2 fully saturated rings. The van der Waals surface area contributed by atoms with Crippen molar-refractivity contribution in [3.63, 3.8) is 0 Å². The molecule has 2 aliphatic rings. The molecule has 2 aliphatic carbocycles. The van der Waals surface area contributed by atoms with Gasteiger partial charge in [0.05, 0.1) is 0 Å². The molecule has 2 saturated carbocycles. The van der Waals surface area contributed by atoms with Gasteiger partial charge in [0, 0.05) is 21.5 Å². The van der Waals surface area contributed by atoms with Gasteiger partial charge in [0.15, 0.2) is 13.2 Å². The molecule has 178 valence electrons. The Hall–Kier alpha value is -3.28. The Labute approximate surface area is 199 Å². The molecule has 6 heteroatoms. The van der Waals surface area contributed by atoms with E-state index in [4.69, 9.17) is 18.9 Å². The second-order valence-electron chi connectivity index (χ2n) is 9.12. The average Bonchev–Trinajstić information content (AvgIpc) is 3.55. The smallest absolute Gasteiger partial charge is 0.344 e. The summed E-state index contributed by atoms with van der Waals surface area (Å²) in [5, 5.41) is 3.26. The Balaban J connectivity index is 1.39. The molecule has 0 N–H and O–H groups in total. The van der Waals surface area contributed by atoms with Crippen LogP contribution in [0.3, 0.4) is 0 Å². The second kappa shape index (κ2) is 10.3. The fourth-order valence-corrected chi connectivity index (χ4v) is 5.07. The molecule has 34 heavy (non-hydrogen) atoms. The van der Waals surface area contributed by atoms with Crippen molar-refractivity contribution >= 4 is 33.5 Å². The summed E-state index contributed by atoms with van der Waals surface area (Å²) in [4.78, 5) is 24.8. The number of carbonyl (C=O) groups excluding carboxylic acids is 2. The van der Waals surface area contributed by atoms with Crippen LogP contribution < -0.4 is 9.47 Å². The van der Waals surface area contributed by atoms with Gasteiger partial charge in [-0.3, -0.25) is 0 Å². The summed E-state index contributed by atoms with van der Waals surface area (Å²) in [6, 6.07) is 15.4. The largest absolute Gasteiger partial charge is 0.481 e. The topological polar surface area (TPSA) is 71.1 Å². The lowest BCUT2D eigenvalue weighted by molar-refractivity contribution is -0.152. The van der Waals surface area contributed by atoms with Crippen molar-refractivity contribution in [1.29, 1.82) is 0 Å². The van der Waals surface area contributed by atoms with Crippen LogP contribution in [-0.4, -0.2) is 37.4 Å². The lowest BCUT2D eigenvalue weighted by Gasteiger charge is -2.18. The van der Waals surface area contributed by atoms with E-state index in [2.05, 4.69) is 0 Å². The van der Waals surface area contributed by atoms with Crippen molar-refractivity contribution in [2.45, 2.75) is 63.6 Å². The highest BCUT2D eigenvalue weighted by Gasteiger charge is 2.23. The van der Waals surface area contributed by atoms with Gasteiger partial charge in [-0.1, -0.05) is 48.5 Å². The van der Waals surface area contributed by atoms with Gasteiger partial charge in [0.25, 0.3) is 0 Å². The van der Waals surface area contributed by atoms with Gasteiger partial charge in [0.2, 0.25) is 0 Å². The second-order valence-corrected chi connectivity index (χ2v) is 9.12. The van der Waals surface area contributed by atoms with Crippen LogP contribution in [0.1, 0.15) is 51.4 Å². The molecule has 0 amide bonds. The zero-order valence-electron chi connectivity index (χ0n) is 19.3. The van der Waals surface area contributed by atoms with E-state index in [0.717, 1.165) is 72.9 Å². The van der Waals surface area contributed by atoms with E-state index in [-0.39, 0.29) is 37.4 Å². The molecule has 0 radical (unpaired) electrons. The molecule has 0 atom stereocenters. The van der Waals surface area contributed by atoms with E-state index in [1.807, 2.05) is 48.5 Å². The van der Waals surface area contributed by atoms with Crippen LogP contribution in [0, 0.1) is 0 Å². The lowest BCUT2D eigenvalue weighted by Crippen LogP contribution is -2.21. The molecule has 0 unspecified atom stereocenters. The van der Waals surface area contributed by atoms with E-state index >= 15 is 0 Å². The number of rotatable bonds is 8. The number of benzene rings is 3. The predicted octanol–water partition coefficient (Wildman–Crippen LogP) is 5.72. The van der Waals surface area contributed by atoms with Crippen molar-refractivity contribution < 1.29 is 28.5 Å². The average molecular weight is 463 g/mol. The maximum Gasteiger partial charge on any atom is 0.344 e. The molecule has 0 heterocycles. The first-order chi connectivity index (χ1) is 16.7. The molecule has 0 bridgehead atoms. The van der Waals surface area contributed by atoms with Gasteiger partial charge < -0.3 is 18.9 Å². The summed E-state index contributed by atoms with van der Waals surface area (Å²) in [5.74, 6) is 0.510. The summed E-state index contributed by atoms with van der Waals surface area (Å²) < 4.78 is 23.2. The molecular weight excluding hydrogens is 432 g/mol. The molecule has 0 aromatic heterocycles. The summed E-state index contributed by atoms with van der Waals surface area (Å²) in [5.41, 5.74) is 0. The van der Waals surface area contributed by atoms with E-state index in [1.54, 1.807) is 0 Å². The van der Waals surface area contributed by atoms with Gasteiger partial charge in [-0.05, 0) is 51.4 Å². The van der Waals surface area contributed by atoms with Crippen LogP contribution in [0.5, 0.6) is 11.5 Å². The van der Waals surface area contributed by atoms with Crippen LogP contribution in [0.2, 0.25) is 0 Å². The molecule has 0 spiro atoms. The van der Waals surface area contributed by atoms with E-state index in [9.17, 15) is 9.59 Å². The minimum absolute atomic E-state index is 0.00403. The molecule has 3 aromatic carbocycles. The third-order valence-electron chi connectivity index (χ3n) is 6.70. The van der Waals surface area contributed by atoms with E-state index < -0.39 is 0 Å². The summed E-state index contributed by atoms with van der Waals surface area (Å²) in [6.07, 6.45) is 8.11. The molecule has 3 aromatic rings. The van der Waals surface area contributed by atoms with Crippen molar-refractivity contribution in [2.24, 2.45) is 0 Å². The third kappa shape index (κ3) is 4.96. The van der Waals surface area contributed by atoms with Crippen molar-refractivity contribution in [3.8, 4) is 11.5 Å². The first-order valence-electron chi connectivity index (χ1n) is 12.3. The highest BCUT2D eigenvalue weighted by Crippen LogP contribution is 2.42.